The van der Waals surface area contributed by atoms with Gasteiger partial charge in [0.1, 0.15) is 11.4 Å². The van der Waals surface area contributed by atoms with Crippen molar-refractivity contribution in [3.8, 4) is 0 Å². The third-order valence-electron chi connectivity index (χ3n) is 2.98. The van der Waals surface area contributed by atoms with E-state index in [1.165, 1.54) is 0 Å². The molecule has 2 N–H and O–H groups in total. The summed E-state index contributed by atoms with van der Waals surface area (Å²) < 4.78 is 6.89. The second kappa shape index (κ2) is 7.23. The van der Waals surface area contributed by atoms with Gasteiger partial charge in [-0.1, -0.05) is 6.07 Å². The van der Waals surface area contributed by atoms with Gasteiger partial charge >= 0.3 is 6.09 Å². The number of rotatable bonds is 5. The molecule has 7 heteroatoms. The van der Waals surface area contributed by atoms with Crippen LogP contribution in [0.15, 0.2) is 30.6 Å². The summed E-state index contributed by atoms with van der Waals surface area (Å²) in [4.78, 5) is 16.2. The molecular weight excluding hydrogens is 294 g/mol. The number of amides is 1. The zero-order valence-electron chi connectivity index (χ0n) is 14.0. The number of aryl methyl sites for hydroxylation is 1. The minimum atomic E-state index is -0.542. The first-order chi connectivity index (χ1) is 10.8. The van der Waals surface area contributed by atoms with Gasteiger partial charge in [-0.25, -0.2) is 4.79 Å². The van der Waals surface area contributed by atoms with E-state index in [1.54, 1.807) is 24.1 Å². The van der Waals surface area contributed by atoms with Crippen molar-refractivity contribution in [1.82, 2.24) is 20.1 Å². The Morgan fingerprint density at radius 2 is 2.09 bits per heavy atom. The van der Waals surface area contributed by atoms with Crippen LogP contribution in [0.4, 0.5) is 10.6 Å². The number of carbonyl (C=O) groups is 1. The average molecular weight is 317 g/mol. The van der Waals surface area contributed by atoms with Crippen LogP contribution in [0.1, 0.15) is 32.0 Å². The molecule has 2 aromatic heterocycles. The fourth-order valence-corrected chi connectivity index (χ4v) is 2.00. The van der Waals surface area contributed by atoms with E-state index in [2.05, 4.69) is 20.7 Å². The predicted molar refractivity (Wildman–Crippen MR) is 87.8 cm³/mol. The van der Waals surface area contributed by atoms with E-state index in [4.69, 9.17) is 4.74 Å². The minimum Gasteiger partial charge on any atom is -0.444 e. The predicted octanol–water partition coefficient (Wildman–Crippen LogP) is 2.45. The van der Waals surface area contributed by atoms with Crippen molar-refractivity contribution < 1.29 is 9.53 Å². The van der Waals surface area contributed by atoms with Gasteiger partial charge in [0, 0.05) is 31.9 Å². The molecule has 7 nitrogen and oxygen atoms in total. The first-order valence-corrected chi connectivity index (χ1v) is 7.46. The maximum absolute atomic E-state index is 11.9. The van der Waals surface area contributed by atoms with E-state index >= 15 is 0 Å². The molecule has 0 atom stereocenters. The molecule has 1 amide bonds. The number of ether oxygens (including phenoxy) is 1. The van der Waals surface area contributed by atoms with Crippen molar-refractivity contribution in [2.45, 2.75) is 39.5 Å². The number of anilines is 1. The molecule has 0 aliphatic heterocycles. The van der Waals surface area contributed by atoms with Crippen LogP contribution in [0.2, 0.25) is 0 Å². The topological polar surface area (TPSA) is 81.1 Å². The molecule has 0 aromatic carbocycles. The molecule has 0 saturated heterocycles. The van der Waals surface area contributed by atoms with Gasteiger partial charge in [0.15, 0.2) is 0 Å². The Labute approximate surface area is 136 Å². The fraction of sp³-hybridized carbons (Fsp3) is 0.438. The minimum absolute atomic E-state index is 0.493. The molecule has 0 bridgehead atoms. The normalized spacial score (nSPS) is 11.3. The second-order valence-electron chi connectivity index (χ2n) is 6.19. The van der Waals surface area contributed by atoms with Crippen molar-refractivity contribution in [3.05, 3.63) is 41.9 Å². The monoisotopic (exact) mass is 317 g/mol. The summed E-state index contributed by atoms with van der Waals surface area (Å²) in [6.07, 6.45) is 2.99. The van der Waals surface area contributed by atoms with Gasteiger partial charge in [-0.3, -0.25) is 15.0 Å². The number of hydrogen-bond donors (Lipinski definition) is 2. The van der Waals surface area contributed by atoms with Crippen LogP contribution in [0.3, 0.4) is 0 Å². The van der Waals surface area contributed by atoms with Gasteiger partial charge in [-0.15, -0.1) is 0 Å². The Balaban J connectivity index is 1.94. The summed E-state index contributed by atoms with van der Waals surface area (Å²) in [5, 5.41) is 10.2. The molecule has 0 spiro atoms. The zero-order chi connectivity index (χ0) is 16.9. The van der Waals surface area contributed by atoms with Crippen LogP contribution >= 0.6 is 0 Å². The highest BCUT2D eigenvalue weighted by atomic mass is 16.6. The Bertz CT molecular complexity index is 646. The third kappa shape index (κ3) is 5.37. The van der Waals surface area contributed by atoms with Gasteiger partial charge in [0.05, 0.1) is 11.9 Å². The molecule has 0 unspecified atom stereocenters. The van der Waals surface area contributed by atoms with E-state index in [9.17, 15) is 4.79 Å². The quantitative estimate of drug-likeness (QED) is 0.885. The van der Waals surface area contributed by atoms with Crippen LogP contribution in [0, 0.1) is 0 Å². The molecule has 0 radical (unpaired) electrons. The molecular formula is C16H23N5O2. The summed E-state index contributed by atoms with van der Waals surface area (Å²) in [5.41, 5.74) is 1.30. The lowest BCUT2D eigenvalue weighted by atomic mass is 10.2. The number of carbonyl (C=O) groups excluding carboxylic acids is 1. The van der Waals surface area contributed by atoms with Crippen LogP contribution < -0.4 is 10.6 Å². The molecule has 2 aromatic rings. The van der Waals surface area contributed by atoms with E-state index in [-0.39, 0.29) is 0 Å². The Kier molecular flexibility index (Phi) is 5.33. The van der Waals surface area contributed by atoms with Crippen molar-refractivity contribution in [2.24, 2.45) is 7.05 Å². The Morgan fingerprint density at radius 3 is 2.74 bits per heavy atom. The smallest absolute Gasteiger partial charge is 0.413 e. The molecule has 23 heavy (non-hydrogen) atoms. The number of hydrogen-bond acceptors (Lipinski definition) is 5. The molecule has 2 rings (SSSR count). The second-order valence-corrected chi connectivity index (χ2v) is 6.19. The lowest BCUT2D eigenvalue weighted by Crippen LogP contribution is -2.28. The number of nitrogens with one attached hydrogen (secondary N) is 2. The zero-order valence-corrected chi connectivity index (χ0v) is 14.0. The van der Waals surface area contributed by atoms with Gasteiger partial charge in [0.2, 0.25) is 0 Å². The molecule has 0 aliphatic carbocycles. The van der Waals surface area contributed by atoms with E-state index in [1.807, 2.05) is 39.0 Å². The highest BCUT2D eigenvalue weighted by molar-refractivity contribution is 5.84. The lowest BCUT2D eigenvalue weighted by molar-refractivity contribution is 0.0634. The molecule has 124 valence electrons. The summed E-state index contributed by atoms with van der Waals surface area (Å²) in [5.74, 6) is 0.618. The van der Waals surface area contributed by atoms with E-state index in [0.29, 0.717) is 18.9 Å². The summed E-state index contributed by atoms with van der Waals surface area (Å²) in [6, 6.07) is 5.78. The number of nitrogens with zero attached hydrogens (tertiary/aromatic N) is 3. The van der Waals surface area contributed by atoms with Gasteiger partial charge < -0.3 is 10.1 Å². The number of aromatic nitrogens is 3. The van der Waals surface area contributed by atoms with Gasteiger partial charge in [0.25, 0.3) is 0 Å². The van der Waals surface area contributed by atoms with Crippen LogP contribution in [-0.4, -0.2) is 26.5 Å². The summed E-state index contributed by atoms with van der Waals surface area (Å²) in [6.45, 7) is 6.68. The third-order valence-corrected chi connectivity index (χ3v) is 2.98. The SMILES string of the molecule is Cn1ncc(CNCc2ccccn2)c1NC(=O)OC(C)(C)C. The molecule has 0 fully saturated rings. The summed E-state index contributed by atoms with van der Waals surface area (Å²) in [7, 11) is 1.77. The van der Waals surface area contributed by atoms with Crippen molar-refractivity contribution in [2.75, 3.05) is 5.32 Å². The van der Waals surface area contributed by atoms with Gasteiger partial charge in [-0.2, -0.15) is 5.10 Å². The maximum atomic E-state index is 11.9. The van der Waals surface area contributed by atoms with Crippen LogP contribution in [-0.2, 0) is 24.9 Å². The first kappa shape index (κ1) is 17.0. The standard InChI is InChI=1S/C16H23N5O2/c1-16(2,3)23-15(22)20-14-12(10-19-21(14)4)9-17-11-13-7-5-6-8-18-13/h5-8,10,17H,9,11H2,1-4H3,(H,20,22). The Hall–Kier alpha value is -2.41. The molecule has 0 aliphatic rings. The first-order valence-electron chi connectivity index (χ1n) is 7.46. The van der Waals surface area contributed by atoms with Gasteiger partial charge in [-0.05, 0) is 32.9 Å². The average Bonchev–Trinajstić information content (AvgIpc) is 2.79. The van der Waals surface area contributed by atoms with E-state index in [0.717, 1.165) is 11.3 Å². The van der Waals surface area contributed by atoms with Crippen molar-refractivity contribution in [3.63, 3.8) is 0 Å². The molecule has 2 heterocycles. The number of pyridine rings is 1. The largest absolute Gasteiger partial charge is 0.444 e. The highest BCUT2D eigenvalue weighted by Gasteiger charge is 2.18. The van der Waals surface area contributed by atoms with E-state index < -0.39 is 11.7 Å². The van der Waals surface area contributed by atoms with Crippen LogP contribution in [0.5, 0.6) is 0 Å². The fourth-order valence-electron chi connectivity index (χ4n) is 2.00. The Morgan fingerprint density at radius 1 is 1.30 bits per heavy atom. The van der Waals surface area contributed by atoms with Crippen molar-refractivity contribution in [1.29, 1.82) is 0 Å². The molecule has 0 saturated carbocycles. The summed E-state index contributed by atoms with van der Waals surface area (Å²) >= 11 is 0. The maximum Gasteiger partial charge on any atom is 0.413 e. The lowest BCUT2D eigenvalue weighted by Gasteiger charge is -2.20. The highest BCUT2D eigenvalue weighted by Crippen LogP contribution is 2.16. The van der Waals surface area contributed by atoms with Crippen molar-refractivity contribution >= 4 is 11.9 Å². The van der Waals surface area contributed by atoms with Crippen LogP contribution in [0.25, 0.3) is 0 Å².